The molecule has 0 spiro atoms. The van der Waals surface area contributed by atoms with Crippen molar-refractivity contribution in [2.24, 2.45) is 0 Å². The van der Waals surface area contributed by atoms with Gasteiger partial charge in [0.05, 0.1) is 11.1 Å². The first-order chi connectivity index (χ1) is 13.0. The van der Waals surface area contributed by atoms with Gasteiger partial charge in [-0.25, -0.2) is 0 Å². The maximum atomic E-state index is 12.2. The Kier molecular flexibility index (Phi) is 7.01. The number of benzene rings is 2. The Labute approximate surface area is 169 Å². The summed E-state index contributed by atoms with van der Waals surface area (Å²) in [4.78, 5) is 0. The number of nitrogens with zero attached hydrogens (tertiary/aromatic N) is 1. The van der Waals surface area contributed by atoms with Gasteiger partial charge in [-0.1, -0.05) is 35.3 Å². The van der Waals surface area contributed by atoms with E-state index >= 15 is 0 Å². The van der Waals surface area contributed by atoms with E-state index in [0.717, 1.165) is 12.1 Å². The number of aliphatic hydroxyl groups is 1. The predicted molar refractivity (Wildman–Crippen MR) is 97.2 cm³/mol. The van der Waals surface area contributed by atoms with Gasteiger partial charge in [-0.15, -0.1) is 13.2 Å². The third kappa shape index (κ3) is 6.46. The highest BCUT2D eigenvalue weighted by Crippen LogP contribution is 2.29. The van der Waals surface area contributed by atoms with Gasteiger partial charge < -0.3 is 14.6 Å². The van der Waals surface area contributed by atoms with Crippen LogP contribution in [0.3, 0.4) is 0 Å². The fraction of sp³-hybridized carbons (Fsp3) is 0.278. The van der Waals surface area contributed by atoms with E-state index in [4.69, 9.17) is 27.9 Å². The Morgan fingerprint density at radius 1 is 1.18 bits per heavy atom. The van der Waals surface area contributed by atoms with Crippen LogP contribution in [-0.2, 0) is 0 Å². The minimum Gasteiger partial charge on any atom is -0.489 e. The zero-order chi connectivity index (χ0) is 20.9. The van der Waals surface area contributed by atoms with Crippen LogP contribution in [0.1, 0.15) is 18.7 Å². The molecule has 0 heterocycles. The second-order valence-corrected chi connectivity index (χ2v) is 6.81. The number of hydrogen-bond donors (Lipinski definition) is 2. The van der Waals surface area contributed by atoms with Gasteiger partial charge in [0.1, 0.15) is 29.9 Å². The van der Waals surface area contributed by atoms with Crippen LogP contribution >= 0.6 is 23.2 Å². The highest BCUT2D eigenvalue weighted by Gasteiger charge is 2.31. The Bertz CT molecular complexity index is 857. The number of halogens is 5. The molecule has 150 valence electrons. The van der Waals surface area contributed by atoms with Crippen molar-refractivity contribution in [2.45, 2.75) is 25.1 Å². The molecule has 0 radical (unpaired) electrons. The quantitative estimate of drug-likeness (QED) is 0.610. The first-order valence-electron chi connectivity index (χ1n) is 7.82. The second-order valence-electron chi connectivity index (χ2n) is 5.97. The number of aliphatic hydroxyl groups excluding tert-OH is 1. The van der Waals surface area contributed by atoms with Gasteiger partial charge in [0.15, 0.2) is 0 Å². The SMILES string of the molecule is CC(C#N)(COc1cc(Cl)ccc1Cl)NC(O)c1ccc(OC(F)(F)F)cc1. The van der Waals surface area contributed by atoms with E-state index in [1.54, 1.807) is 6.07 Å². The van der Waals surface area contributed by atoms with E-state index in [1.807, 2.05) is 6.07 Å². The van der Waals surface area contributed by atoms with Gasteiger partial charge in [0.25, 0.3) is 0 Å². The summed E-state index contributed by atoms with van der Waals surface area (Å²) in [5.41, 5.74) is -1.11. The summed E-state index contributed by atoms with van der Waals surface area (Å²) in [5.74, 6) is -0.161. The average molecular weight is 435 g/mol. The van der Waals surface area contributed by atoms with Crippen LogP contribution in [0.15, 0.2) is 42.5 Å². The molecule has 2 atom stereocenters. The van der Waals surface area contributed by atoms with E-state index < -0.39 is 23.9 Å². The van der Waals surface area contributed by atoms with Crippen LogP contribution in [0.5, 0.6) is 11.5 Å². The molecular weight excluding hydrogens is 420 g/mol. The van der Waals surface area contributed by atoms with Crippen molar-refractivity contribution in [1.82, 2.24) is 5.32 Å². The third-order valence-electron chi connectivity index (χ3n) is 3.54. The molecule has 2 N–H and O–H groups in total. The molecule has 2 unspecified atom stereocenters. The highest BCUT2D eigenvalue weighted by atomic mass is 35.5. The summed E-state index contributed by atoms with van der Waals surface area (Å²) < 4.78 is 45.9. The van der Waals surface area contributed by atoms with Gasteiger partial charge in [-0.2, -0.15) is 5.26 Å². The Morgan fingerprint density at radius 3 is 2.39 bits per heavy atom. The summed E-state index contributed by atoms with van der Waals surface area (Å²) in [6.07, 6.45) is -6.15. The fourth-order valence-corrected chi connectivity index (χ4v) is 2.49. The minimum absolute atomic E-state index is 0.185. The molecule has 0 bridgehead atoms. The molecule has 0 amide bonds. The minimum atomic E-state index is -4.81. The summed E-state index contributed by atoms with van der Waals surface area (Å²) in [6.45, 7) is 1.30. The van der Waals surface area contributed by atoms with Gasteiger partial charge in [-0.05, 0) is 36.8 Å². The molecule has 0 aliphatic rings. The van der Waals surface area contributed by atoms with Crippen LogP contribution in [0, 0.1) is 11.3 Å². The van der Waals surface area contributed by atoms with E-state index in [9.17, 15) is 23.5 Å². The molecule has 0 aliphatic heterocycles. The first kappa shape index (κ1) is 22.1. The van der Waals surface area contributed by atoms with Crippen LogP contribution in [-0.4, -0.2) is 23.6 Å². The van der Waals surface area contributed by atoms with Crippen LogP contribution in [0.4, 0.5) is 13.2 Å². The maximum absolute atomic E-state index is 12.2. The lowest BCUT2D eigenvalue weighted by Gasteiger charge is -2.27. The average Bonchev–Trinajstić information content (AvgIpc) is 2.61. The number of nitriles is 1. The molecule has 0 aromatic heterocycles. The van der Waals surface area contributed by atoms with Crippen LogP contribution < -0.4 is 14.8 Å². The van der Waals surface area contributed by atoms with E-state index in [1.165, 1.54) is 31.2 Å². The maximum Gasteiger partial charge on any atom is 0.573 e. The third-order valence-corrected chi connectivity index (χ3v) is 4.09. The van der Waals surface area contributed by atoms with Crippen molar-refractivity contribution in [2.75, 3.05) is 6.61 Å². The molecule has 0 fully saturated rings. The standard InChI is InChI=1S/C18H15Cl2F3N2O3/c1-17(9-24,10-27-15-8-12(19)4-7-14(15)20)25-16(26)11-2-5-13(6-3-11)28-18(21,22)23/h2-8,16,25-26H,10H2,1H3. The summed E-state index contributed by atoms with van der Waals surface area (Å²) >= 11 is 11.9. The Morgan fingerprint density at radius 2 is 1.82 bits per heavy atom. The molecule has 10 heteroatoms. The first-order valence-corrected chi connectivity index (χ1v) is 8.57. The van der Waals surface area contributed by atoms with Crippen LogP contribution in [0.2, 0.25) is 10.0 Å². The summed E-state index contributed by atoms with van der Waals surface area (Å²) in [5, 5.41) is 23.1. The zero-order valence-electron chi connectivity index (χ0n) is 14.4. The summed E-state index contributed by atoms with van der Waals surface area (Å²) in [7, 11) is 0. The van der Waals surface area contributed by atoms with Crippen molar-refractivity contribution < 1.29 is 27.8 Å². The van der Waals surface area contributed by atoms with Crippen molar-refractivity contribution in [1.29, 1.82) is 5.26 Å². The molecule has 5 nitrogen and oxygen atoms in total. The topological polar surface area (TPSA) is 74.5 Å². The van der Waals surface area contributed by atoms with Gasteiger partial charge in [-0.3, -0.25) is 5.32 Å². The van der Waals surface area contributed by atoms with Crippen molar-refractivity contribution in [3.05, 3.63) is 58.1 Å². The monoisotopic (exact) mass is 434 g/mol. The lowest BCUT2D eigenvalue weighted by atomic mass is 10.0. The molecule has 2 aromatic rings. The molecular formula is C18H15Cl2F3N2O3. The number of rotatable bonds is 7. The van der Waals surface area contributed by atoms with E-state index in [-0.39, 0.29) is 17.9 Å². The molecule has 28 heavy (non-hydrogen) atoms. The van der Waals surface area contributed by atoms with Gasteiger partial charge in [0.2, 0.25) is 0 Å². The molecule has 0 saturated heterocycles. The number of alkyl halides is 3. The lowest BCUT2D eigenvalue weighted by Crippen LogP contribution is -2.48. The Balaban J connectivity index is 2.04. The summed E-state index contributed by atoms with van der Waals surface area (Å²) in [6, 6.07) is 11.2. The predicted octanol–water partition coefficient (Wildman–Crippen LogP) is 4.83. The lowest BCUT2D eigenvalue weighted by molar-refractivity contribution is -0.274. The van der Waals surface area contributed by atoms with Crippen molar-refractivity contribution >= 4 is 23.2 Å². The van der Waals surface area contributed by atoms with Crippen molar-refractivity contribution in [3.8, 4) is 17.6 Å². The molecule has 0 aliphatic carbocycles. The number of ether oxygens (including phenoxy) is 2. The largest absolute Gasteiger partial charge is 0.573 e. The molecule has 2 rings (SSSR count). The Hall–Kier alpha value is -2.18. The van der Waals surface area contributed by atoms with E-state index in [2.05, 4.69) is 10.1 Å². The second kappa shape index (κ2) is 8.88. The number of hydrogen-bond acceptors (Lipinski definition) is 5. The number of nitrogens with one attached hydrogen (secondary N) is 1. The zero-order valence-corrected chi connectivity index (χ0v) is 15.9. The van der Waals surface area contributed by atoms with E-state index in [0.29, 0.717) is 10.0 Å². The normalized spacial score (nSPS) is 14.6. The highest BCUT2D eigenvalue weighted by molar-refractivity contribution is 6.34. The van der Waals surface area contributed by atoms with Crippen molar-refractivity contribution in [3.63, 3.8) is 0 Å². The van der Waals surface area contributed by atoms with Crippen LogP contribution in [0.25, 0.3) is 0 Å². The van der Waals surface area contributed by atoms with Gasteiger partial charge >= 0.3 is 6.36 Å². The molecule has 2 aromatic carbocycles. The fourth-order valence-electron chi connectivity index (χ4n) is 2.15. The van der Waals surface area contributed by atoms with Gasteiger partial charge in [0, 0.05) is 11.1 Å². The molecule has 0 saturated carbocycles. The smallest absolute Gasteiger partial charge is 0.489 e.